The first-order valence-electron chi connectivity index (χ1n) is 13.3. The number of benzene rings is 3. The standard InChI is InChI=1S/C32H29BrFN5O2S/c1-37(17-22-3-7-25(8-4-22)26-9-11-28(33)12-10-26)30(40)20-39-19-27(15-24-16-35-38(2)18-24)31(41)36-32(39)42-21-23-5-13-29(34)14-6-23/h3-14,16,18-19H,15,17,20-21H2,1-2H3. The van der Waals surface area contributed by atoms with Crippen LogP contribution in [0.4, 0.5) is 4.39 Å². The molecule has 0 saturated carbocycles. The normalized spacial score (nSPS) is 11.0. The number of likely N-dealkylation sites (N-methyl/N-ethyl adjacent to an activating group) is 1. The molecule has 2 heterocycles. The van der Waals surface area contributed by atoms with Gasteiger partial charge in [-0.25, -0.2) is 4.39 Å². The van der Waals surface area contributed by atoms with E-state index >= 15 is 0 Å². The largest absolute Gasteiger partial charge is 0.340 e. The molecule has 3 aromatic carbocycles. The number of nitrogens with zero attached hydrogens (tertiary/aromatic N) is 5. The molecular formula is C32H29BrFN5O2S. The lowest BCUT2D eigenvalue weighted by Crippen LogP contribution is -2.31. The molecule has 1 amide bonds. The van der Waals surface area contributed by atoms with E-state index in [-0.39, 0.29) is 23.8 Å². The lowest BCUT2D eigenvalue weighted by molar-refractivity contribution is -0.131. The quantitative estimate of drug-likeness (QED) is 0.136. The highest BCUT2D eigenvalue weighted by Gasteiger charge is 2.16. The first-order valence-corrected chi connectivity index (χ1v) is 15.1. The summed E-state index contributed by atoms with van der Waals surface area (Å²) in [5, 5.41) is 4.61. The van der Waals surface area contributed by atoms with E-state index in [9.17, 15) is 14.0 Å². The van der Waals surface area contributed by atoms with Crippen LogP contribution in [0.5, 0.6) is 0 Å². The van der Waals surface area contributed by atoms with Crippen molar-refractivity contribution in [1.29, 1.82) is 0 Å². The summed E-state index contributed by atoms with van der Waals surface area (Å²) in [6.45, 7) is 0.459. The van der Waals surface area contributed by atoms with Crippen molar-refractivity contribution < 1.29 is 9.18 Å². The van der Waals surface area contributed by atoms with E-state index in [1.165, 1.54) is 23.9 Å². The summed E-state index contributed by atoms with van der Waals surface area (Å²) in [6.07, 6.45) is 5.63. The number of hydrogen-bond donors (Lipinski definition) is 0. The Balaban J connectivity index is 1.32. The summed E-state index contributed by atoms with van der Waals surface area (Å²) < 4.78 is 17.8. The molecule has 10 heteroatoms. The maximum Gasteiger partial charge on any atom is 0.277 e. The molecular weight excluding hydrogens is 617 g/mol. The van der Waals surface area contributed by atoms with E-state index in [2.05, 4.69) is 50.3 Å². The Bertz CT molecular complexity index is 1740. The van der Waals surface area contributed by atoms with E-state index in [0.29, 0.717) is 29.4 Å². The Morgan fingerprint density at radius 1 is 0.929 bits per heavy atom. The van der Waals surface area contributed by atoms with Crippen molar-refractivity contribution in [3.05, 3.63) is 134 Å². The molecule has 42 heavy (non-hydrogen) atoms. The second-order valence-electron chi connectivity index (χ2n) is 10.0. The summed E-state index contributed by atoms with van der Waals surface area (Å²) >= 11 is 4.80. The molecule has 0 spiro atoms. The number of carbonyl (C=O) groups excluding carboxylic acids is 1. The zero-order valence-electron chi connectivity index (χ0n) is 23.2. The number of rotatable bonds is 10. The molecule has 5 aromatic rings. The van der Waals surface area contributed by atoms with Crippen molar-refractivity contribution in [2.75, 3.05) is 7.05 Å². The summed E-state index contributed by atoms with van der Waals surface area (Å²) in [6, 6.07) is 22.5. The predicted molar refractivity (Wildman–Crippen MR) is 167 cm³/mol. The van der Waals surface area contributed by atoms with Crippen LogP contribution in [0.2, 0.25) is 0 Å². The Kier molecular flexibility index (Phi) is 9.34. The average Bonchev–Trinajstić information content (AvgIpc) is 3.39. The number of hydrogen-bond acceptors (Lipinski definition) is 5. The van der Waals surface area contributed by atoms with Gasteiger partial charge in [0.25, 0.3) is 5.56 Å². The van der Waals surface area contributed by atoms with E-state index in [0.717, 1.165) is 32.3 Å². The van der Waals surface area contributed by atoms with Crippen molar-refractivity contribution in [2.45, 2.75) is 30.4 Å². The SMILES string of the molecule is CN(Cc1ccc(-c2ccc(Br)cc2)cc1)C(=O)Cn1cc(Cc2cnn(C)c2)c(=O)nc1SCc1ccc(F)cc1. The summed E-state index contributed by atoms with van der Waals surface area (Å²) in [7, 11) is 3.58. The number of amides is 1. The highest BCUT2D eigenvalue weighted by Crippen LogP contribution is 2.24. The maximum absolute atomic E-state index is 13.4. The van der Waals surface area contributed by atoms with Crippen LogP contribution in [-0.2, 0) is 37.1 Å². The smallest absolute Gasteiger partial charge is 0.277 e. The van der Waals surface area contributed by atoms with Crippen molar-refractivity contribution in [1.82, 2.24) is 24.2 Å². The van der Waals surface area contributed by atoms with Gasteiger partial charge in [0.05, 0.1) is 6.20 Å². The second-order valence-corrected chi connectivity index (χ2v) is 11.9. The molecule has 0 aliphatic carbocycles. The fraction of sp³-hybridized carbons (Fsp3) is 0.188. The monoisotopic (exact) mass is 645 g/mol. The molecule has 0 N–H and O–H groups in total. The Hall–Kier alpha value is -4.02. The van der Waals surface area contributed by atoms with Crippen molar-refractivity contribution in [3.63, 3.8) is 0 Å². The maximum atomic E-state index is 13.4. The number of halogens is 2. The average molecular weight is 647 g/mol. The van der Waals surface area contributed by atoms with Crippen LogP contribution in [-0.4, -0.2) is 37.2 Å². The predicted octanol–water partition coefficient (Wildman–Crippen LogP) is 6.09. The zero-order chi connectivity index (χ0) is 29.6. The minimum Gasteiger partial charge on any atom is -0.340 e. The minimum absolute atomic E-state index is 0.0204. The van der Waals surface area contributed by atoms with Crippen LogP contribution >= 0.6 is 27.7 Å². The number of aryl methyl sites for hydroxylation is 1. The van der Waals surface area contributed by atoms with Gasteiger partial charge < -0.3 is 9.47 Å². The summed E-state index contributed by atoms with van der Waals surface area (Å²) in [5.41, 5.74) is 5.13. The number of carbonyl (C=O) groups is 1. The molecule has 0 bridgehead atoms. The second kappa shape index (κ2) is 13.3. The van der Waals surface area contributed by atoms with E-state index in [4.69, 9.17) is 0 Å². The van der Waals surface area contributed by atoms with Crippen LogP contribution in [0.3, 0.4) is 0 Å². The summed E-state index contributed by atoms with van der Waals surface area (Å²) in [4.78, 5) is 32.4. The van der Waals surface area contributed by atoms with Crippen molar-refractivity contribution >= 4 is 33.6 Å². The third kappa shape index (κ3) is 7.63. The Morgan fingerprint density at radius 2 is 1.57 bits per heavy atom. The molecule has 0 aliphatic rings. The van der Waals surface area contributed by atoms with Gasteiger partial charge in [-0.2, -0.15) is 10.1 Å². The molecule has 0 atom stereocenters. The Morgan fingerprint density at radius 3 is 2.21 bits per heavy atom. The van der Waals surface area contributed by atoms with Gasteiger partial charge in [-0.05, 0) is 52.1 Å². The van der Waals surface area contributed by atoms with Gasteiger partial charge in [-0.15, -0.1) is 0 Å². The lowest BCUT2D eigenvalue weighted by Gasteiger charge is -2.20. The van der Waals surface area contributed by atoms with Crippen LogP contribution in [0.25, 0.3) is 11.1 Å². The van der Waals surface area contributed by atoms with E-state index in [1.54, 1.807) is 45.7 Å². The van der Waals surface area contributed by atoms with Crippen molar-refractivity contribution in [3.8, 4) is 11.1 Å². The molecule has 0 radical (unpaired) electrons. The number of thioether (sulfide) groups is 1. The van der Waals surface area contributed by atoms with Gasteiger partial charge in [0.2, 0.25) is 5.91 Å². The van der Waals surface area contributed by atoms with Gasteiger partial charge in [-0.1, -0.05) is 76.2 Å². The Labute approximate surface area is 256 Å². The minimum atomic E-state index is -0.344. The highest BCUT2D eigenvalue weighted by atomic mass is 79.9. The van der Waals surface area contributed by atoms with E-state index < -0.39 is 0 Å². The lowest BCUT2D eigenvalue weighted by atomic mass is 10.0. The first-order chi connectivity index (χ1) is 20.2. The van der Waals surface area contributed by atoms with Crippen LogP contribution < -0.4 is 5.56 Å². The molecule has 5 rings (SSSR count). The molecule has 7 nitrogen and oxygen atoms in total. The van der Waals surface area contributed by atoms with Gasteiger partial charge in [-0.3, -0.25) is 14.3 Å². The highest BCUT2D eigenvalue weighted by molar-refractivity contribution is 9.10. The summed E-state index contributed by atoms with van der Waals surface area (Å²) in [5.74, 6) is 0.0483. The van der Waals surface area contributed by atoms with Gasteiger partial charge in [0.15, 0.2) is 5.16 Å². The third-order valence-electron chi connectivity index (χ3n) is 6.75. The topological polar surface area (TPSA) is 73.0 Å². The van der Waals surface area contributed by atoms with Crippen LogP contribution in [0, 0.1) is 5.82 Å². The number of aromatic nitrogens is 4. The fourth-order valence-electron chi connectivity index (χ4n) is 4.46. The molecule has 2 aromatic heterocycles. The first kappa shape index (κ1) is 29.5. The molecule has 214 valence electrons. The third-order valence-corrected chi connectivity index (χ3v) is 8.34. The van der Waals surface area contributed by atoms with Crippen LogP contribution in [0.15, 0.2) is 106 Å². The van der Waals surface area contributed by atoms with E-state index in [1.807, 2.05) is 37.5 Å². The zero-order valence-corrected chi connectivity index (χ0v) is 25.6. The van der Waals surface area contributed by atoms with Gasteiger partial charge in [0.1, 0.15) is 12.4 Å². The fourth-order valence-corrected chi connectivity index (χ4v) is 5.64. The van der Waals surface area contributed by atoms with Gasteiger partial charge in [0, 0.05) is 55.2 Å². The van der Waals surface area contributed by atoms with Crippen LogP contribution in [0.1, 0.15) is 22.3 Å². The molecule has 0 unspecified atom stereocenters. The van der Waals surface area contributed by atoms with Crippen molar-refractivity contribution in [2.24, 2.45) is 7.05 Å². The molecule has 0 fully saturated rings. The van der Waals surface area contributed by atoms with Gasteiger partial charge >= 0.3 is 0 Å². The molecule has 0 aliphatic heterocycles. The molecule has 0 saturated heterocycles.